The number of rotatable bonds is 4. The van der Waals surface area contributed by atoms with Gasteiger partial charge in [0.1, 0.15) is 0 Å². The summed E-state index contributed by atoms with van der Waals surface area (Å²) in [5.74, 6) is 0. The Balaban J connectivity index is 2.46. The number of nitrogens with zero attached hydrogens (tertiary/aromatic N) is 1. The summed E-state index contributed by atoms with van der Waals surface area (Å²) in [6.07, 6.45) is 4.49. The van der Waals surface area contributed by atoms with Crippen LogP contribution in [0.3, 0.4) is 0 Å². The highest BCUT2D eigenvalue weighted by Crippen LogP contribution is 2.08. The first-order chi connectivity index (χ1) is 5.84. The van der Waals surface area contributed by atoms with Crippen LogP contribution in [-0.2, 0) is 6.42 Å². The van der Waals surface area contributed by atoms with Crippen LogP contribution < -0.4 is 11.1 Å². The third-order valence-corrected chi connectivity index (χ3v) is 1.76. The molecule has 3 heteroatoms. The molecule has 0 spiro atoms. The number of pyridine rings is 1. The maximum absolute atomic E-state index is 5.74. The number of nitrogens with two attached hydrogens (primary N) is 1. The maximum atomic E-state index is 5.74. The smallest absolute Gasteiger partial charge is 0.0377 e. The van der Waals surface area contributed by atoms with E-state index in [1.807, 2.05) is 12.3 Å². The summed E-state index contributed by atoms with van der Waals surface area (Å²) >= 11 is 0. The molecule has 1 aromatic heterocycles. The fourth-order valence-corrected chi connectivity index (χ4v) is 1.05. The molecule has 0 saturated heterocycles. The van der Waals surface area contributed by atoms with Crippen molar-refractivity contribution in [2.75, 3.05) is 18.8 Å². The van der Waals surface area contributed by atoms with E-state index >= 15 is 0 Å². The second-order valence-corrected chi connectivity index (χ2v) is 2.68. The summed E-state index contributed by atoms with van der Waals surface area (Å²) < 4.78 is 0. The summed E-state index contributed by atoms with van der Waals surface area (Å²) in [7, 11) is 0. The van der Waals surface area contributed by atoms with Gasteiger partial charge in [-0.25, -0.2) is 0 Å². The third-order valence-electron chi connectivity index (χ3n) is 1.76. The molecule has 12 heavy (non-hydrogen) atoms. The number of aromatic nitrogens is 1. The second kappa shape index (κ2) is 4.72. The van der Waals surface area contributed by atoms with E-state index in [0.29, 0.717) is 0 Å². The number of anilines is 1. The molecule has 0 fully saturated rings. The number of hydrogen-bond acceptors (Lipinski definition) is 3. The molecule has 0 aliphatic heterocycles. The molecule has 66 valence electrons. The van der Waals surface area contributed by atoms with Gasteiger partial charge in [-0.05, 0) is 31.1 Å². The van der Waals surface area contributed by atoms with Crippen LogP contribution in [0.15, 0.2) is 18.5 Å². The first kappa shape index (κ1) is 9.00. The van der Waals surface area contributed by atoms with Crippen molar-refractivity contribution < 1.29 is 0 Å². The van der Waals surface area contributed by atoms with Gasteiger partial charge in [-0.1, -0.05) is 6.92 Å². The van der Waals surface area contributed by atoms with Gasteiger partial charge in [-0.2, -0.15) is 0 Å². The maximum Gasteiger partial charge on any atom is 0.0377 e. The van der Waals surface area contributed by atoms with Crippen molar-refractivity contribution in [3.8, 4) is 0 Å². The molecule has 0 atom stereocenters. The van der Waals surface area contributed by atoms with Gasteiger partial charge in [-0.3, -0.25) is 4.98 Å². The van der Waals surface area contributed by atoms with Gasteiger partial charge in [0, 0.05) is 18.1 Å². The predicted octanol–water partition coefficient (Wildman–Crippen LogP) is 0.816. The van der Waals surface area contributed by atoms with Crippen LogP contribution in [0.4, 0.5) is 5.69 Å². The summed E-state index contributed by atoms with van der Waals surface area (Å²) in [5.41, 5.74) is 7.69. The van der Waals surface area contributed by atoms with Gasteiger partial charge < -0.3 is 11.1 Å². The Kier molecular flexibility index (Phi) is 3.54. The molecule has 0 saturated carbocycles. The van der Waals surface area contributed by atoms with E-state index in [4.69, 9.17) is 5.73 Å². The van der Waals surface area contributed by atoms with E-state index in [1.54, 1.807) is 6.20 Å². The summed E-state index contributed by atoms with van der Waals surface area (Å²) in [4.78, 5) is 4.02. The van der Waals surface area contributed by atoms with E-state index in [1.165, 1.54) is 0 Å². The Morgan fingerprint density at radius 2 is 2.42 bits per heavy atom. The number of hydrogen-bond donors (Lipinski definition) is 2. The van der Waals surface area contributed by atoms with Crippen molar-refractivity contribution in [2.24, 2.45) is 0 Å². The number of likely N-dealkylation sites (N-methyl/N-ethyl adjacent to an activating group) is 1. The van der Waals surface area contributed by atoms with Crippen molar-refractivity contribution >= 4 is 5.69 Å². The van der Waals surface area contributed by atoms with Crippen LogP contribution in [0.25, 0.3) is 0 Å². The minimum Gasteiger partial charge on any atom is -0.398 e. The zero-order chi connectivity index (χ0) is 8.81. The van der Waals surface area contributed by atoms with Crippen molar-refractivity contribution in [3.05, 3.63) is 24.0 Å². The van der Waals surface area contributed by atoms with Gasteiger partial charge in [0.25, 0.3) is 0 Å². The third kappa shape index (κ3) is 2.51. The zero-order valence-electron chi connectivity index (χ0n) is 7.38. The highest BCUT2D eigenvalue weighted by Gasteiger charge is 1.96. The van der Waals surface area contributed by atoms with Crippen LogP contribution in [0.2, 0.25) is 0 Å². The Labute approximate surface area is 73.0 Å². The quantitative estimate of drug-likeness (QED) is 0.649. The van der Waals surface area contributed by atoms with Gasteiger partial charge in [0.15, 0.2) is 0 Å². The van der Waals surface area contributed by atoms with Crippen LogP contribution in [-0.4, -0.2) is 18.1 Å². The molecule has 0 aromatic carbocycles. The minimum atomic E-state index is 0.836. The molecular formula is C9H15N3. The predicted molar refractivity (Wildman–Crippen MR) is 50.9 cm³/mol. The van der Waals surface area contributed by atoms with E-state index < -0.39 is 0 Å². The molecule has 0 radical (unpaired) electrons. The van der Waals surface area contributed by atoms with Gasteiger partial charge in [-0.15, -0.1) is 0 Å². The van der Waals surface area contributed by atoms with Crippen molar-refractivity contribution in [1.29, 1.82) is 0 Å². The standard InChI is InChI=1S/C9H15N3/c1-2-11-5-3-8-7-12-6-4-9(8)10/h4,6-7,11H,2-3,5H2,1H3,(H2,10,12). The highest BCUT2D eigenvalue weighted by atomic mass is 14.8. The average molecular weight is 165 g/mol. The Bertz CT molecular complexity index is 235. The number of nitrogens with one attached hydrogen (secondary N) is 1. The van der Waals surface area contributed by atoms with E-state index in [-0.39, 0.29) is 0 Å². The first-order valence-electron chi connectivity index (χ1n) is 4.23. The summed E-state index contributed by atoms with van der Waals surface area (Å²) in [6.45, 7) is 4.05. The van der Waals surface area contributed by atoms with E-state index in [0.717, 1.165) is 30.8 Å². The molecular weight excluding hydrogens is 150 g/mol. The lowest BCUT2D eigenvalue weighted by Crippen LogP contribution is -2.16. The molecule has 1 rings (SSSR count). The van der Waals surface area contributed by atoms with Gasteiger partial charge >= 0.3 is 0 Å². The Hall–Kier alpha value is -1.09. The van der Waals surface area contributed by atoms with Crippen LogP contribution in [0.5, 0.6) is 0 Å². The monoisotopic (exact) mass is 165 g/mol. The molecule has 0 bridgehead atoms. The summed E-state index contributed by atoms with van der Waals surface area (Å²) in [5, 5.41) is 3.24. The molecule has 1 heterocycles. The molecule has 3 N–H and O–H groups in total. The second-order valence-electron chi connectivity index (χ2n) is 2.68. The highest BCUT2D eigenvalue weighted by molar-refractivity contribution is 5.44. The molecule has 0 unspecified atom stereocenters. The topological polar surface area (TPSA) is 50.9 Å². The SMILES string of the molecule is CCNCCc1cnccc1N. The fraction of sp³-hybridized carbons (Fsp3) is 0.444. The van der Waals surface area contributed by atoms with Gasteiger partial charge in [0.05, 0.1) is 0 Å². The van der Waals surface area contributed by atoms with Crippen molar-refractivity contribution in [2.45, 2.75) is 13.3 Å². The minimum absolute atomic E-state index is 0.836. The lowest BCUT2D eigenvalue weighted by Gasteiger charge is -2.04. The first-order valence-corrected chi connectivity index (χ1v) is 4.23. The lowest BCUT2D eigenvalue weighted by atomic mass is 10.2. The Morgan fingerprint density at radius 3 is 3.08 bits per heavy atom. The van der Waals surface area contributed by atoms with Crippen molar-refractivity contribution in [3.63, 3.8) is 0 Å². The lowest BCUT2D eigenvalue weighted by molar-refractivity contribution is 0.716. The number of nitrogen functional groups attached to an aromatic ring is 1. The van der Waals surface area contributed by atoms with Gasteiger partial charge in [0.2, 0.25) is 0 Å². The largest absolute Gasteiger partial charge is 0.398 e. The molecule has 0 amide bonds. The zero-order valence-corrected chi connectivity index (χ0v) is 7.38. The van der Waals surface area contributed by atoms with E-state index in [9.17, 15) is 0 Å². The molecule has 1 aromatic rings. The fourth-order valence-electron chi connectivity index (χ4n) is 1.05. The van der Waals surface area contributed by atoms with Crippen molar-refractivity contribution in [1.82, 2.24) is 10.3 Å². The normalized spacial score (nSPS) is 10.1. The molecule has 3 nitrogen and oxygen atoms in total. The van der Waals surface area contributed by atoms with Crippen LogP contribution in [0.1, 0.15) is 12.5 Å². The summed E-state index contributed by atoms with van der Waals surface area (Å²) in [6, 6.07) is 1.83. The Morgan fingerprint density at radius 1 is 1.58 bits per heavy atom. The van der Waals surface area contributed by atoms with Crippen LogP contribution >= 0.6 is 0 Å². The molecule has 0 aliphatic carbocycles. The average Bonchev–Trinajstić information content (AvgIpc) is 2.09. The van der Waals surface area contributed by atoms with E-state index in [2.05, 4.69) is 17.2 Å². The van der Waals surface area contributed by atoms with Crippen LogP contribution in [0, 0.1) is 0 Å². The molecule has 0 aliphatic rings.